The molecule has 5 N–H and O–H groups in total. The van der Waals surface area contributed by atoms with Crippen molar-refractivity contribution in [2.24, 2.45) is 0 Å². The third kappa shape index (κ3) is 4.29. The van der Waals surface area contributed by atoms with Crippen LogP contribution >= 0.6 is 11.6 Å². The molecule has 1 aliphatic rings. The Morgan fingerprint density at radius 3 is 2.90 bits per heavy atom. The Balaban J connectivity index is 1.51. The van der Waals surface area contributed by atoms with Crippen molar-refractivity contribution in [1.29, 1.82) is 0 Å². The van der Waals surface area contributed by atoms with Crippen LogP contribution in [0, 0.1) is 0 Å². The minimum Gasteiger partial charge on any atom is -0.491 e. The first-order valence-electron chi connectivity index (χ1n) is 9.74. The minimum atomic E-state index is -0.971. The molecule has 1 amide bonds. The molecule has 3 aromatic rings. The van der Waals surface area contributed by atoms with Gasteiger partial charge in [0, 0.05) is 22.3 Å². The molecule has 1 aromatic heterocycles. The maximum Gasteiger partial charge on any atom is 0.268 e. The Hall–Kier alpha value is -2.58. The highest BCUT2D eigenvalue weighted by molar-refractivity contribution is 6.31. The summed E-state index contributed by atoms with van der Waals surface area (Å²) >= 11 is 6.01. The molecule has 2 aromatic carbocycles. The lowest BCUT2D eigenvalue weighted by atomic mass is 9.85. The van der Waals surface area contributed by atoms with E-state index in [1.165, 1.54) is 0 Å². The van der Waals surface area contributed by atoms with Crippen LogP contribution in [-0.2, 0) is 12.8 Å². The van der Waals surface area contributed by atoms with E-state index in [1.54, 1.807) is 24.3 Å². The van der Waals surface area contributed by atoms with Gasteiger partial charge in [-0.05, 0) is 47.9 Å². The fraction of sp³-hybridized carbons (Fsp3) is 0.318. The van der Waals surface area contributed by atoms with Crippen molar-refractivity contribution in [3.63, 3.8) is 0 Å². The van der Waals surface area contributed by atoms with Crippen molar-refractivity contribution in [1.82, 2.24) is 10.3 Å². The Morgan fingerprint density at radius 1 is 1.27 bits per heavy atom. The number of aromatic nitrogens is 1. The average molecular weight is 431 g/mol. The molecule has 8 heteroatoms. The number of benzene rings is 2. The lowest BCUT2D eigenvalue weighted by molar-refractivity contribution is 0.0526. The first kappa shape index (κ1) is 20.7. The SMILES string of the molecule is O=C(NC1Cc2c(cccc2OC[C@@H](O)CO)C[C@H]1O)c1cc2cc(Cl)ccc2[nH]1. The van der Waals surface area contributed by atoms with Crippen molar-refractivity contribution in [3.8, 4) is 5.75 Å². The van der Waals surface area contributed by atoms with E-state index < -0.39 is 18.2 Å². The summed E-state index contributed by atoms with van der Waals surface area (Å²) in [5.74, 6) is 0.260. The van der Waals surface area contributed by atoms with Crippen molar-refractivity contribution in [2.75, 3.05) is 13.2 Å². The molecular formula is C22H23ClN2O5. The number of hydrogen-bond acceptors (Lipinski definition) is 5. The molecule has 158 valence electrons. The topological polar surface area (TPSA) is 115 Å². The number of rotatable bonds is 6. The average Bonchev–Trinajstić information content (AvgIpc) is 3.15. The molecular weight excluding hydrogens is 408 g/mol. The smallest absolute Gasteiger partial charge is 0.268 e. The van der Waals surface area contributed by atoms with Crippen LogP contribution in [0.25, 0.3) is 10.9 Å². The molecule has 0 aliphatic heterocycles. The highest BCUT2D eigenvalue weighted by Crippen LogP contribution is 2.30. The van der Waals surface area contributed by atoms with E-state index in [1.807, 2.05) is 18.2 Å². The summed E-state index contributed by atoms with van der Waals surface area (Å²) in [5.41, 5.74) is 3.00. The highest BCUT2D eigenvalue weighted by atomic mass is 35.5. The van der Waals surface area contributed by atoms with Crippen LogP contribution in [0.3, 0.4) is 0 Å². The number of nitrogens with one attached hydrogen (secondary N) is 2. The van der Waals surface area contributed by atoms with Crippen LogP contribution in [0.15, 0.2) is 42.5 Å². The van der Waals surface area contributed by atoms with Crippen LogP contribution in [0.5, 0.6) is 5.75 Å². The normalized spacial score (nSPS) is 19.3. The van der Waals surface area contributed by atoms with E-state index in [0.29, 0.717) is 29.3 Å². The van der Waals surface area contributed by atoms with Gasteiger partial charge in [-0.3, -0.25) is 4.79 Å². The number of aromatic amines is 1. The van der Waals surface area contributed by atoms with Gasteiger partial charge in [0.15, 0.2) is 0 Å². The van der Waals surface area contributed by atoms with E-state index in [-0.39, 0.29) is 19.1 Å². The molecule has 0 bridgehead atoms. The summed E-state index contributed by atoms with van der Waals surface area (Å²) in [6, 6.07) is 12.1. The second-order valence-electron chi connectivity index (χ2n) is 7.51. The van der Waals surface area contributed by atoms with Gasteiger partial charge in [0.25, 0.3) is 5.91 Å². The number of carbonyl (C=O) groups is 1. The van der Waals surface area contributed by atoms with Gasteiger partial charge in [-0.25, -0.2) is 0 Å². The van der Waals surface area contributed by atoms with Gasteiger partial charge in [-0.1, -0.05) is 23.7 Å². The quantitative estimate of drug-likeness (QED) is 0.409. The predicted octanol–water partition coefficient (Wildman–Crippen LogP) is 1.81. The van der Waals surface area contributed by atoms with Gasteiger partial charge >= 0.3 is 0 Å². The molecule has 0 saturated carbocycles. The lowest BCUT2D eigenvalue weighted by Gasteiger charge is -2.31. The van der Waals surface area contributed by atoms with Gasteiger partial charge in [-0.15, -0.1) is 0 Å². The third-order valence-electron chi connectivity index (χ3n) is 5.33. The van der Waals surface area contributed by atoms with Crippen LogP contribution in [0.1, 0.15) is 21.6 Å². The first-order valence-corrected chi connectivity index (χ1v) is 10.1. The Bertz CT molecular complexity index is 1070. The number of amides is 1. The van der Waals surface area contributed by atoms with Crippen molar-refractivity contribution in [2.45, 2.75) is 31.1 Å². The zero-order chi connectivity index (χ0) is 21.3. The van der Waals surface area contributed by atoms with Gasteiger partial charge < -0.3 is 30.4 Å². The van der Waals surface area contributed by atoms with Crippen molar-refractivity contribution < 1.29 is 24.9 Å². The summed E-state index contributed by atoms with van der Waals surface area (Å²) in [6.45, 7) is -0.424. The maximum atomic E-state index is 12.8. The summed E-state index contributed by atoms with van der Waals surface area (Å²) in [7, 11) is 0. The molecule has 4 rings (SSSR count). The molecule has 1 aliphatic carbocycles. The number of halogens is 1. The molecule has 7 nitrogen and oxygen atoms in total. The summed E-state index contributed by atoms with van der Waals surface area (Å²) < 4.78 is 5.66. The van der Waals surface area contributed by atoms with Crippen LogP contribution in [0.4, 0.5) is 0 Å². The third-order valence-corrected chi connectivity index (χ3v) is 5.57. The largest absolute Gasteiger partial charge is 0.491 e. The number of H-pyrrole nitrogens is 1. The van der Waals surface area contributed by atoms with Gasteiger partial charge in [0.1, 0.15) is 24.2 Å². The Kier molecular flexibility index (Phi) is 5.97. The fourth-order valence-electron chi connectivity index (χ4n) is 3.75. The van der Waals surface area contributed by atoms with E-state index in [4.69, 9.17) is 21.4 Å². The second kappa shape index (κ2) is 8.65. The number of aliphatic hydroxyl groups excluding tert-OH is 3. The zero-order valence-electron chi connectivity index (χ0n) is 16.1. The second-order valence-corrected chi connectivity index (χ2v) is 7.95. The van der Waals surface area contributed by atoms with Gasteiger partial charge in [-0.2, -0.15) is 0 Å². The molecule has 0 radical (unpaired) electrons. The minimum absolute atomic E-state index is 0.0375. The highest BCUT2D eigenvalue weighted by Gasteiger charge is 2.30. The maximum absolute atomic E-state index is 12.8. The van der Waals surface area contributed by atoms with Gasteiger partial charge in [0.05, 0.1) is 18.8 Å². The van der Waals surface area contributed by atoms with Crippen LogP contribution in [0.2, 0.25) is 5.02 Å². The molecule has 3 atom stereocenters. The van der Waals surface area contributed by atoms with E-state index in [9.17, 15) is 15.0 Å². The van der Waals surface area contributed by atoms with Crippen molar-refractivity contribution >= 4 is 28.4 Å². The Morgan fingerprint density at radius 2 is 2.10 bits per heavy atom. The predicted molar refractivity (Wildman–Crippen MR) is 113 cm³/mol. The monoisotopic (exact) mass is 430 g/mol. The first-order chi connectivity index (χ1) is 14.4. The van der Waals surface area contributed by atoms with E-state index in [2.05, 4.69) is 10.3 Å². The van der Waals surface area contributed by atoms with Gasteiger partial charge in [0.2, 0.25) is 0 Å². The summed E-state index contributed by atoms with van der Waals surface area (Å²) in [5, 5.41) is 33.4. The lowest BCUT2D eigenvalue weighted by Crippen LogP contribution is -2.48. The molecule has 0 saturated heterocycles. The van der Waals surface area contributed by atoms with E-state index >= 15 is 0 Å². The molecule has 0 spiro atoms. The summed E-state index contributed by atoms with van der Waals surface area (Å²) in [4.78, 5) is 15.9. The fourth-order valence-corrected chi connectivity index (χ4v) is 3.93. The standard InChI is InChI=1S/C22H23ClN2O5/c23-14-4-5-17-13(6-14)7-19(24-17)22(29)25-18-9-16-12(8-20(18)28)2-1-3-21(16)30-11-15(27)10-26/h1-7,15,18,20,24,26-28H,8-11H2,(H,25,29)/t15-,18?,20+/m0/s1. The summed E-state index contributed by atoms with van der Waals surface area (Å²) in [6.07, 6.45) is -0.943. The molecule has 30 heavy (non-hydrogen) atoms. The number of fused-ring (bicyclic) bond motifs is 2. The molecule has 1 heterocycles. The number of hydrogen-bond donors (Lipinski definition) is 5. The molecule has 0 fully saturated rings. The number of ether oxygens (including phenoxy) is 1. The number of aliphatic hydroxyl groups is 3. The van der Waals surface area contributed by atoms with Crippen molar-refractivity contribution in [3.05, 3.63) is 64.3 Å². The van der Waals surface area contributed by atoms with Crippen LogP contribution < -0.4 is 10.1 Å². The Labute approximate surface area is 178 Å². The van der Waals surface area contributed by atoms with Crippen LogP contribution in [-0.4, -0.2) is 57.7 Å². The zero-order valence-corrected chi connectivity index (χ0v) is 16.9. The number of carbonyl (C=O) groups excluding carboxylic acids is 1. The molecule has 1 unspecified atom stereocenters. The van der Waals surface area contributed by atoms with E-state index in [0.717, 1.165) is 22.0 Å².